The van der Waals surface area contributed by atoms with E-state index >= 15 is 0 Å². The van der Waals surface area contributed by atoms with Crippen molar-refractivity contribution < 1.29 is 9.90 Å². The highest BCUT2D eigenvalue weighted by Crippen LogP contribution is 2.24. The summed E-state index contributed by atoms with van der Waals surface area (Å²) in [5.74, 6) is 0.589. The number of aryl methyl sites for hydroxylation is 1. The van der Waals surface area contributed by atoms with Crippen LogP contribution in [0.25, 0.3) is 11.0 Å². The maximum atomic E-state index is 10.9. The summed E-state index contributed by atoms with van der Waals surface area (Å²) in [6.07, 6.45) is 6.03. The smallest absolute Gasteiger partial charge is 0.323 e. The summed E-state index contributed by atoms with van der Waals surface area (Å²) < 4.78 is 3.49. The minimum Gasteiger partial charge on any atom is -0.480 e. The van der Waals surface area contributed by atoms with Crippen molar-refractivity contribution in [3.05, 3.63) is 35.8 Å². The largest absolute Gasteiger partial charge is 0.480 e. The van der Waals surface area contributed by atoms with Gasteiger partial charge in [-0.05, 0) is 24.6 Å². The Morgan fingerprint density at radius 3 is 2.88 bits per heavy atom. The number of hydrogen-bond donors (Lipinski definition) is 2. The number of hydrogen-bond acceptors (Lipinski definition) is 5. The highest BCUT2D eigenvalue weighted by molar-refractivity contribution is 6.28. The number of fused-ring (bicyclic) bond motifs is 1. The number of anilines is 1. The van der Waals surface area contributed by atoms with Crippen LogP contribution in [0, 0.1) is 0 Å². The van der Waals surface area contributed by atoms with Gasteiger partial charge in [-0.2, -0.15) is 4.98 Å². The van der Waals surface area contributed by atoms with E-state index in [1.165, 1.54) is 4.57 Å². The minimum atomic E-state index is -0.945. The maximum Gasteiger partial charge on any atom is 0.323 e. The Morgan fingerprint density at radius 1 is 1.42 bits per heavy atom. The molecule has 0 radical (unpaired) electrons. The number of carbonyl (C=O) groups is 1. The molecule has 0 saturated carbocycles. The van der Waals surface area contributed by atoms with Gasteiger partial charge in [-0.15, -0.1) is 0 Å². The van der Waals surface area contributed by atoms with E-state index in [4.69, 9.17) is 16.7 Å². The lowest BCUT2D eigenvalue weighted by Crippen LogP contribution is -2.21. The second-order valence-electron chi connectivity index (χ2n) is 5.62. The number of nitrogens with zero attached hydrogens (tertiary/aromatic N) is 5. The van der Waals surface area contributed by atoms with Crippen LogP contribution < -0.4 is 5.32 Å². The average Bonchev–Trinajstić information content (AvgIpc) is 3.06. The SMILES string of the molecule is CC(Cc1nccn1C)Nc1nc(Cl)nc2c1ccn2CC(=O)O. The summed E-state index contributed by atoms with van der Waals surface area (Å²) in [5.41, 5.74) is 0.490. The Kier molecular flexibility index (Phi) is 4.39. The van der Waals surface area contributed by atoms with Crippen LogP contribution in [-0.4, -0.2) is 41.2 Å². The Labute approximate surface area is 143 Å². The fourth-order valence-corrected chi connectivity index (χ4v) is 2.74. The third-order valence-electron chi connectivity index (χ3n) is 3.69. The lowest BCUT2D eigenvalue weighted by atomic mass is 10.2. The fourth-order valence-electron chi connectivity index (χ4n) is 2.57. The number of nitrogens with one attached hydrogen (secondary N) is 1. The molecule has 0 aromatic carbocycles. The molecule has 24 heavy (non-hydrogen) atoms. The van der Waals surface area contributed by atoms with Crippen LogP contribution in [0.4, 0.5) is 5.82 Å². The zero-order chi connectivity index (χ0) is 17.3. The van der Waals surface area contributed by atoms with Gasteiger partial charge in [0.05, 0.1) is 5.39 Å². The second kappa shape index (κ2) is 6.48. The molecule has 8 nitrogen and oxygen atoms in total. The zero-order valence-electron chi connectivity index (χ0n) is 13.3. The first kappa shape index (κ1) is 16.3. The summed E-state index contributed by atoms with van der Waals surface area (Å²) >= 11 is 6.00. The van der Waals surface area contributed by atoms with Crippen LogP contribution in [0.5, 0.6) is 0 Å². The number of aliphatic carboxylic acids is 1. The Morgan fingerprint density at radius 2 is 2.21 bits per heavy atom. The summed E-state index contributed by atoms with van der Waals surface area (Å²) in [6, 6.07) is 1.84. The molecule has 1 atom stereocenters. The molecule has 0 fully saturated rings. The lowest BCUT2D eigenvalue weighted by Gasteiger charge is -2.15. The molecule has 3 aromatic rings. The van der Waals surface area contributed by atoms with Gasteiger partial charge in [0.15, 0.2) is 0 Å². The van der Waals surface area contributed by atoms with E-state index in [2.05, 4.69) is 20.3 Å². The van der Waals surface area contributed by atoms with E-state index in [1.54, 1.807) is 18.5 Å². The fraction of sp³-hybridized carbons (Fsp3) is 0.333. The molecular weight excluding hydrogens is 332 g/mol. The van der Waals surface area contributed by atoms with E-state index in [0.29, 0.717) is 17.9 Å². The van der Waals surface area contributed by atoms with Crippen molar-refractivity contribution in [1.29, 1.82) is 0 Å². The molecule has 126 valence electrons. The van der Waals surface area contributed by atoms with Gasteiger partial charge in [0.25, 0.3) is 0 Å². The highest BCUT2D eigenvalue weighted by Gasteiger charge is 2.15. The van der Waals surface area contributed by atoms with Crippen molar-refractivity contribution in [2.24, 2.45) is 7.05 Å². The highest BCUT2D eigenvalue weighted by atomic mass is 35.5. The van der Waals surface area contributed by atoms with Crippen molar-refractivity contribution in [2.75, 3.05) is 5.32 Å². The van der Waals surface area contributed by atoms with E-state index in [0.717, 1.165) is 11.2 Å². The quantitative estimate of drug-likeness (QED) is 0.661. The maximum absolute atomic E-state index is 10.9. The molecule has 1 unspecified atom stereocenters. The van der Waals surface area contributed by atoms with Crippen LogP contribution in [-0.2, 0) is 24.8 Å². The van der Waals surface area contributed by atoms with Crippen LogP contribution in [0.2, 0.25) is 5.28 Å². The zero-order valence-corrected chi connectivity index (χ0v) is 14.0. The van der Waals surface area contributed by atoms with Crippen molar-refractivity contribution in [3.63, 3.8) is 0 Å². The van der Waals surface area contributed by atoms with E-state index in [9.17, 15) is 4.79 Å². The van der Waals surface area contributed by atoms with Crippen molar-refractivity contribution in [3.8, 4) is 0 Å². The standard InChI is InChI=1S/C15H17ClN6O2/c1-9(7-11-17-4-6-21(11)2)18-13-10-3-5-22(8-12(23)24)14(10)20-15(16)19-13/h3-6,9H,7-8H2,1-2H3,(H,23,24)(H,18,19,20). The first-order chi connectivity index (χ1) is 11.4. The second-order valence-corrected chi connectivity index (χ2v) is 5.96. The summed E-state index contributed by atoms with van der Waals surface area (Å²) in [4.78, 5) is 23.6. The van der Waals surface area contributed by atoms with Crippen LogP contribution in [0.15, 0.2) is 24.7 Å². The van der Waals surface area contributed by atoms with E-state index < -0.39 is 5.97 Å². The van der Waals surface area contributed by atoms with E-state index in [1.807, 2.05) is 24.7 Å². The van der Waals surface area contributed by atoms with Gasteiger partial charge in [0.2, 0.25) is 5.28 Å². The monoisotopic (exact) mass is 348 g/mol. The normalized spacial score (nSPS) is 12.5. The first-order valence-electron chi connectivity index (χ1n) is 7.41. The van der Waals surface area contributed by atoms with Crippen molar-refractivity contribution >= 4 is 34.4 Å². The third-order valence-corrected chi connectivity index (χ3v) is 3.86. The van der Waals surface area contributed by atoms with Crippen LogP contribution >= 0.6 is 11.6 Å². The van der Waals surface area contributed by atoms with Gasteiger partial charge in [-0.1, -0.05) is 0 Å². The Bertz CT molecular complexity index is 887. The molecule has 3 aromatic heterocycles. The molecule has 2 N–H and O–H groups in total. The summed E-state index contributed by atoms with van der Waals surface area (Å²) in [5, 5.41) is 13.1. The molecule has 3 heterocycles. The van der Waals surface area contributed by atoms with Crippen molar-refractivity contribution in [2.45, 2.75) is 25.9 Å². The Hall–Kier alpha value is -2.61. The summed E-state index contributed by atoms with van der Waals surface area (Å²) in [7, 11) is 1.95. The number of imidazole rings is 1. The summed E-state index contributed by atoms with van der Waals surface area (Å²) in [6.45, 7) is 1.84. The molecule has 0 saturated heterocycles. The average molecular weight is 349 g/mol. The molecule has 0 aliphatic carbocycles. The number of halogens is 1. The molecular formula is C15H17ClN6O2. The predicted octanol–water partition coefficient (Wildman–Crippen LogP) is 1.95. The van der Waals surface area contributed by atoms with Gasteiger partial charge < -0.3 is 19.6 Å². The van der Waals surface area contributed by atoms with Gasteiger partial charge in [0, 0.05) is 38.1 Å². The Balaban J connectivity index is 1.87. The van der Waals surface area contributed by atoms with E-state index in [-0.39, 0.29) is 17.9 Å². The van der Waals surface area contributed by atoms with Gasteiger partial charge >= 0.3 is 5.97 Å². The van der Waals surface area contributed by atoms with Crippen LogP contribution in [0.3, 0.4) is 0 Å². The molecule has 0 aliphatic rings. The third kappa shape index (κ3) is 3.33. The molecule has 0 spiro atoms. The number of carboxylic acids is 1. The molecule has 0 amide bonds. The van der Waals surface area contributed by atoms with Gasteiger partial charge in [-0.25, -0.2) is 9.97 Å². The molecule has 3 rings (SSSR count). The number of aromatic nitrogens is 5. The van der Waals surface area contributed by atoms with Gasteiger partial charge in [0.1, 0.15) is 23.8 Å². The molecule has 9 heteroatoms. The van der Waals surface area contributed by atoms with Crippen LogP contribution in [0.1, 0.15) is 12.7 Å². The topological polar surface area (TPSA) is 97.9 Å². The number of rotatable bonds is 6. The molecule has 0 aliphatic heterocycles. The predicted molar refractivity (Wildman–Crippen MR) is 90.2 cm³/mol. The number of carboxylic acid groups (broad SMARTS) is 1. The minimum absolute atomic E-state index is 0.0584. The lowest BCUT2D eigenvalue weighted by molar-refractivity contribution is -0.137. The van der Waals surface area contributed by atoms with Gasteiger partial charge in [-0.3, -0.25) is 4.79 Å². The van der Waals surface area contributed by atoms with Crippen molar-refractivity contribution in [1.82, 2.24) is 24.1 Å². The molecule has 0 bridgehead atoms. The first-order valence-corrected chi connectivity index (χ1v) is 7.78.